The zero-order valence-electron chi connectivity index (χ0n) is 11.7. The van der Waals surface area contributed by atoms with Gasteiger partial charge in [-0.15, -0.1) is 0 Å². The second kappa shape index (κ2) is 6.33. The molecule has 2 rings (SSSR count). The van der Waals surface area contributed by atoms with Crippen LogP contribution in [-0.2, 0) is 4.79 Å². The summed E-state index contributed by atoms with van der Waals surface area (Å²) in [5.41, 5.74) is 5.82. The maximum absolute atomic E-state index is 12.7. The Morgan fingerprint density at radius 3 is 2.40 bits per heavy atom. The first-order valence-corrected chi connectivity index (χ1v) is 7.46. The van der Waals surface area contributed by atoms with Gasteiger partial charge in [-0.1, -0.05) is 0 Å². The summed E-state index contributed by atoms with van der Waals surface area (Å²) in [5.74, 6) is -1.16. The van der Waals surface area contributed by atoms with E-state index in [0.29, 0.717) is 25.3 Å². The van der Waals surface area contributed by atoms with E-state index in [4.69, 9.17) is 5.73 Å². The van der Waals surface area contributed by atoms with E-state index >= 15 is 0 Å². The van der Waals surface area contributed by atoms with Crippen molar-refractivity contribution in [3.05, 3.63) is 0 Å². The zero-order chi connectivity index (χ0) is 14.8. The number of hydrogen-bond donors (Lipinski definition) is 1. The number of carbonyl (C=O) groups excluding carboxylic acids is 1. The maximum Gasteiger partial charge on any atom is 0.393 e. The summed E-state index contributed by atoms with van der Waals surface area (Å²) in [5, 5.41) is 0. The Hall–Kier alpha value is -0.780. The number of piperidine rings is 1. The van der Waals surface area contributed by atoms with Gasteiger partial charge < -0.3 is 10.6 Å². The minimum Gasteiger partial charge on any atom is -0.342 e. The van der Waals surface area contributed by atoms with Crippen molar-refractivity contribution in [1.82, 2.24) is 4.90 Å². The molecule has 1 saturated carbocycles. The molecular formula is C14H23F3N2O. The van der Waals surface area contributed by atoms with E-state index in [1.807, 2.05) is 0 Å². The van der Waals surface area contributed by atoms with Gasteiger partial charge in [-0.05, 0) is 44.4 Å². The van der Waals surface area contributed by atoms with Crippen LogP contribution in [0.1, 0.15) is 44.9 Å². The summed E-state index contributed by atoms with van der Waals surface area (Å²) in [6.07, 6.45) is 0.476. The molecule has 1 unspecified atom stereocenters. The SMILES string of the molecule is NC1CCC(CC(=O)N2CCCC(C(F)(F)F)C2)CC1. The molecule has 0 bridgehead atoms. The van der Waals surface area contributed by atoms with Crippen LogP contribution in [0.5, 0.6) is 0 Å². The molecule has 0 aromatic carbocycles. The summed E-state index contributed by atoms with van der Waals surface area (Å²) in [7, 11) is 0. The van der Waals surface area contributed by atoms with Crippen LogP contribution in [0.25, 0.3) is 0 Å². The summed E-state index contributed by atoms with van der Waals surface area (Å²) in [4.78, 5) is 13.6. The largest absolute Gasteiger partial charge is 0.393 e. The molecule has 3 nitrogen and oxygen atoms in total. The van der Waals surface area contributed by atoms with Gasteiger partial charge in [0.25, 0.3) is 0 Å². The van der Waals surface area contributed by atoms with Crippen LogP contribution in [0.4, 0.5) is 13.2 Å². The minimum atomic E-state index is -4.18. The Balaban J connectivity index is 1.83. The molecule has 6 heteroatoms. The van der Waals surface area contributed by atoms with Crippen LogP contribution in [0.3, 0.4) is 0 Å². The third-order valence-corrected chi connectivity index (χ3v) is 4.59. The van der Waals surface area contributed by atoms with E-state index < -0.39 is 12.1 Å². The van der Waals surface area contributed by atoms with Crippen molar-refractivity contribution >= 4 is 5.91 Å². The van der Waals surface area contributed by atoms with Gasteiger partial charge in [0.1, 0.15) is 0 Å². The zero-order valence-corrected chi connectivity index (χ0v) is 11.7. The molecule has 0 aromatic heterocycles. The fourth-order valence-corrected chi connectivity index (χ4v) is 3.24. The first-order chi connectivity index (χ1) is 9.36. The molecule has 0 radical (unpaired) electrons. The third-order valence-electron chi connectivity index (χ3n) is 4.59. The van der Waals surface area contributed by atoms with Gasteiger partial charge in [0.15, 0.2) is 0 Å². The van der Waals surface area contributed by atoms with Crippen molar-refractivity contribution in [3.8, 4) is 0 Å². The van der Waals surface area contributed by atoms with Crippen molar-refractivity contribution in [2.24, 2.45) is 17.6 Å². The Morgan fingerprint density at radius 2 is 1.80 bits per heavy atom. The molecule has 1 aliphatic heterocycles. The summed E-state index contributed by atoms with van der Waals surface area (Å²) < 4.78 is 38.2. The van der Waals surface area contributed by atoms with E-state index in [2.05, 4.69) is 0 Å². The lowest BCUT2D eigenvalue weighted by molar-refractivity contribution is -0.188. The van der Waals surface area contributed by atoms with Crippen molar-refractivity contribution in [2.45, 2.75) is 57.2 Å². The topological polar surface area (TPSA) is 46.3 Å². The van der Waals surface area contributed by atoms with Gasteiger partial charge in [-0.2, -0.15) is 13.2 Å². The second-order valence-electron chi connectivity index (χ2n) is 6.21. The van der Waals surface area contributed by atoms with E-state index in [0.717, 1.165) is 25.7 Å². The number of halogens is 3. The third kappa shape index (κ3) is 4.11. The van der Waals surface area contributed by atoms with Gasteiger partial charge in [0.05, 0.1) is 5.92 Å². The predicted octanol–water partition coefficient (Wildman–Crippen LogP) is 2.69. The lowest BCUT2D eigenvalue weighted by Crippen LogP contribution is -2.45. The van der Waals surface area contributed by atoms with Gasteiger partial charge in [-0.25, -0.2) is 0 Å². The first-order valence-electron chi connectivity index (χ1n) is 7.46. The molecule has 2 N–H and O–H groups in total. The molecule has 1 atom stereocenters. The predicted molar refractivity (Wildman–Crippen MR) is 69.9 cm³/mol. The first kappa shape index (κ1) is 15.6. The molecule has 116 valence electrons. The average Bonchev–Trinajstić information content (AvgIpc) is 2.40. The van der Waals surface area contributed by atoms with Crippen molar-refractivity contribution in [3.63, 3.8) is 0 Å². The van der Waals surface area contributed by atoms with Crippen molar-refractivity contribution in [1.29, 1.82) is 0 Å². The average molecular weight is 292 g/mol. The van der Waals surface area contributed by atoms with Gasteiger partial charge in [-0.3, -0.25) is 4.79 Å². The molecule has 0 spiro atoms. The Labute approximate surface area is 117 Å². The molecule has 20 heavy (non-hydrogen) atoms. The lowest BCUT2D eigenvalue weighted by atomic mass is 9.84. The van der Waals surface area contributed by atoms with Gasteiger partial charge in [0.2, 0.25) is 5.91 Å². The number of amides is 1. The number of rotatable bonds is 2. The number of carbonyl (C=O) groups is 1. The molecule has 1 amide bonds. The van der Waals surface area contributed by atoms with Crippen LogP contribution in [0.15, 0.2) is 0 Å². The van der Waals surface area contributed by atoms with Gasteiger partial charge in [0, 0.05) is 25.6 Å². The Bertz CT molecular complexity index is 338. The van der Waals surface area contributed by atoms with Crippen LogP contribution < -0.4 is 5.73 Å². The van der Waals surface area contributed by atoms with E-state index in [1.54, 1.807) is 0 Å². The molecule has 1 aliphatic carbocycles. The van der Waals surface area contributed by atoms with Crippen LogP contribution in [0.2, 0.25) is 0 Å². The summed E-state index contributed by atoms with van der Waals surface area (Å²) in [6.45, 7) is 0.312. The Kier molecular flexibility index (Phi) is 4.94. The molecule has 1 heterocycles. The number of nitrogens with two attached hydrogens (primary N) is 1. The fraction of sp³-hybridized carbons (Fsp3) is 0.929. The molecule has 2 fully saturated rings. The van der Waals surface area contributed by atoms with Crippen LogP contribution in [0, 0.1) is 11.8 Å². The van der Waals surface area contributed by atoms with Crippen LogP contribution in [-0.4, -0.2) is 36.1 Å². The minimum absolute atomic E-state index is 0.112. The lowest BCUT2D eigenvalue weighted by Gasteiger charge is -2.35. The highest BCUT2D eigenvalue weighted by Gasteiger charge is 2.42. The number of hydrogen-bond acceptors (Lipinski definition) is 2. The highest BCUT2D eigenvalue weighted by Crippen LogP contribution is 2.34. The Morgan fingerprint density at radius 1 is 1.15 bits per heavy atom. The summed E-state index contributed by atoms with van der Waals surface area (Å²) >= 11 is 0. The van der Waals surface area contributed by atoms with Gasteiger partial charge >= 0.3 is 6.18 Å². The maximum atomic E-state index is 12.7. The fourth-order valence-electron chi connectivity index (χ4n) is 3.24. The van der Waals surface area contributed by atoms with Crippen molar-refractivity contribution in [2.75, 3.05) is 13.1 Å². The highest BCUT2D eigenvalue weighted by molar-refractivity contribution is 5.76. The van der Waals surface area contributed by atoms with E-state index in [1.165, 1.54) is 4.90 Å². The standard InChI is InChI=1S/C14H23F3N2O/c15-14(16,17)11-2-1-7-19(9-11)13(20)8-10-3-5-12(18)6-4-10/h10-12H,1-9,18H2. The smallest absolute Gasteiger partial charge is 0.342 e. The summed E-state index contributed by atoms with van der Waals surface area (Å²) in [6, 6.07) is 0.228. The van der Waals surface area contributed by atoms with Crippen LogP contribution >= 0.6 is 0 Å². The molecule has 2 aliphatic rings. The van der Waals surface area contributed by atoms with Crippen molar-refractivity contribution < 1.29 is 18.0 Å². The molecule has 0 aromatic rings. The quantitative estimate of drug-likeness (QED) is 0.850. The number of likely N-dealkylation sites (tertiary alicyclic amines) is 1. The molecular weight excluding hydrogens is 269 g/mol. The van der Waals surface area contributed by atoms with E-state index in [9.17, 15) is 18.0 Å². The number of alkyl halides is 3. The molecule has 1 saturated heterocycles. The highest BCUT2D eigenvalue weighted by atomic mass is 19.4. The monoisotopic (exact) mass is 292 g/mol. The number of nitrogens with zero attached hydrogens (tertiary/aromatic N) is 1. The van der Waals surface area contributed by atoms with E-state index in [-0.39, 0.29) is 24.9 Å². The second-order valence-corrected chi connectivity index (χ2v) is 6.21. The normalized spacial score (nSPS) is 32.2.